The van der Waals surface area contributed by atoms with E-state index in [4.69, 9.17) is 16.3 Å². The number of nitrogens with one attached hydrogen (secondary N) is 1. The van der Waals surface area contributed by atoms with Crippen LogP contribution in [0.25, 0.3) is 0 Å². The largest absolute Gasteiger partial charge is 0.464 e. The minimum Gasteiger partial charge on any atom is -0.464 e. The molecule has 0 aliphatic rings. The lowest BCUT2D eigenvalue weighted by molar-refractivity contribution is 0.302. The number of halogens is 1. The lowest BCUT2D eigenvalue weighted by atomic mass is 10.2. The zero-order valence-electron chi connectivity index (χ0n) is 10.7. The molecule has 0 fully saturated rings. The number of benzene rings is 1. The van der Waals surface area contributed by atoms with Gasteiger partial charge < -0.3 is 10.1 Å². The molecule has 0 atom stereocenters. The first-order valence-electron chi connectivity index (χ1n) is 6.19. The molecule has 0 spiro atoms. The Kier molecular flexibility index (Phi) is 5.57. The topological polar surface area (TPSA) is 47.0 Å². The maximum absolute atomic E-state index is 6.06. The van der Waals surface area contributed by atoms with E-state index in [2.05, 4.69) is 22.4 Å². The van der Waals surface area contributed by atoms with Gasteiger partial charge in [-0.3, -0.25) is 0 Å². The maximum atomic E-state index is 6.06. The Bertz CT molecular complexity index is 518. The van der Waals surface area contributed by atoms with Crippen LogP contribution in [0.5, 0.6) is 5.19 Å². The van der Waals surface area contributed by atoms with E-state index in [1.165, 1.54) is 11.3 Å². The van der Waals surface area contributed by atoms with Crippen LogP contribution in [0.2, 0.25) is 5.02 Å². The average molecular weight is 298 g/mol. The van der Waals surface area contributed by atoms with E-state index in [9.17, 15) is 0 Å². The van der Waals surface area contributed by atoms with Gasteiger partial charge in [0.1, 0.15) is 11.6 Å². The second kappa shape index (κ2) is 7.43. The van der Waals surface area contributed by atoms with Crippen molar-refractivity contribution in [2.45, 2.75) is 26.5 Å². The van der Waals surface area contributed by atoms with Crippen LogP contribution in [0, 0.1) is 0 Å². The fourth-order valence-corrected chi connectivity index (χ4v) is 2.34. The first-order valence-corrected chi connectivity index (χ1v) is 7.38. The van der Waals surface area contributed by atoms with Crippen LogP contribution >= 0.6 is 22.9 Å². The van der Waals surface area contributed by atoms with E-state index in [1.54, 1.807) is 0 Å². The number of ether oxygens (including phenoxy) is 1. The molecule has 1 N–H and O–H groups in total. The molecular formula is C13H16ClN3OS. The second-order valence-corrected chi connectivity index (χ2v) is 5.45. The summed E-state index contributed by atoms with van der Waals surface area (Å²) in [5.41, 5.74) is 0.949. The van der Waals surface area contributed by atoms with Crippen LogP contribution in [-0.2, 0) is 13.2 Å². The van der Waals surface area contributed by atoms with Crippen molar-refractivity contribution in [1.82, 2.24) is 15.5 Å². The molecule has 1 aromatic carbocycles. The van der Waals surface area contributed by atoms with Crippen LogP contribution in [-0.4, -0.2) is 16.7 Å². The highest BCUT2D eigenvalue weighted by atomic mass is 35.5. The zero-order chi connectivity index (χ0) is 13.5. The summed E-state index contributed by atoms with van der Waals surface area (Å²) in [6.45, 7) is 4.26. The standard InChI is InChI=1S/C13H16ClN3OS/c1-2-7-15-8-12-16-17-13(19-12)18-9-10-5-3-4-6-11(10)14/h3-6,15H,2,7-9H2,1H3. The predicted molar refractivity (Wildman–Crippen MR) is 77.7 cm³/mol. The fraction of sp³-hybridized carbons (Fsp3) is 0.385. The van der Waals surface area contributed by atoms with Crippen molar-refractivity contribution in [2.75, 3.05) is 6.54 Å². The summed E-state index contributed by atoms with van der Waals surface area (Å²) < 4.78 is 5.59. The maximum Gasteiger partial charge on any atom is 0.294 e. The third-order valence-electron chi connectivity index (χ3n) is 2.46. The Balaban J connectivity index is 1.85. The average Bonchev–Trinajstić information content (AvgIpc) is 2.86. The van der Waals surface area contributed by atoms with E-state index in [0.717, 1.165) is 30.1 Å². The summed E-state index contributed by atoms with van der Waals surface area (Å²) in [5, 5.41) is 13.6. The number of aromatic nitrogens is 2. The molecule has 1 aromatic heterocycles. The quantitative estimate of drug-likeness (QED) is 0.797. The molecule has 0 unspecified atom stereocenters. The van der Waals surface area contributed by atoms with Crippen LogP contribution in [0.1, 0.15) is 23.9 Å². The van der Waals surface area contributed by atoms with Crippen LogP contribution in [0.15, 0.2) is 24.3 Å². The van der Waals surface area contributed by atoms with Gasteiger partial charge >= 0.3 is 0 Å². The number of hydrogen-bond acceptors (Lipinski definition) is 5. The number of hydrogen-bond donors (Lipinski definition) is 1. The van der Waals surface area contributed by atoms with E-state index >= 15 is 0 Å². The van der Waals surface area contributed by atoms with Crippen molar-refractivity contribution in [2.24, 2.45) is 0 Å². The Morgan fingerprint density at radius 3 is 2.95 bits per heavy atom. The molecule has 102 valence electrons. The Hall–Kier alpha value is -1.17. The Morgan fingerprint density at radius 1 is 1.32 bits per heavy atom. The molecule has 0 bridgehead atoms. The van der Waals surface area contributed by atoms with E-state index in [0.29, 0.717) is 16.8 Å². The molecule has 0 aliphatic heterocycles. The predicted octanol–water partition coefficient (Wildman–Crippen LogP) is 3.27. The summed E-state index contributed by atoms with van der Waals surface area (Å²) in [6.07, 6.45) is 1.11. The number of rotatable bonds is 7. The summed E-state index contributed by atoms with van der Waals surface area (Å²) in [7, 11) is 0. The van der Waals surface area contributed by atoms with Crippen LogP contribution in [0.4, 0.5) is 0 Å². The van der Waals surface area contributed by atoms with Gasteiger partial charge in [0.05, 0.1) is 0 Å². The Labute approximate surface area is 121 Å². The third kappa shape index (κ3) is 4.45. The van der Waals surface area contributed by atoms with Gasteiger partial charge in [-0.1, -0.05) is 53.2 Å². The van der Waals surface area contributed by atoms with E-state index in [-0.39, 0.29) is 0 Å². The lowest BCUT2D eigenvalue weighted by Crippen LogP contribution is -2.13. The van der Waals surface area contributed by atoms with E-state index < -0.39 is 0 Å². The van der Waals surface area contributed by atoms with Gasteiger partial charge in [-0.2, -0.15) is 0 Å². The minimum absolute atomic E-state index is 0.413. The van der Waals surface area contributed by atoms with Crippen molar-refractivity contribution >= 4 is 22.9 Å². The molecule has 0 saturated heterocycles. The first kappa shape index (κ1) is 14.2. The third-order valence-corrected chi connectivity index (χ3v) is 3.66. The van der Waals surface area contributed by atoms with Crippen LogP contribution in [0.3, 0.4) is 0 Å². The second-order valence-electron chi connectivity index (χ2n) is 4.02. The van der Waals surface area contributed by atoms with Crippen molar-refractivity contribution < 1.29 is 4.74 Å². The molecule has 4 nitrogen and oxygen atoms in total. The van der Waals surface area contributed by atoms with E-state index in [1.807, 2.05) is 24.3 Å². The normalized spacial score (nSPS) is 10.6. The number of nitrogens with zero attached hydrogens (tertiary/aromatic N) is 2. The molecule has 0 amide bonds. The molecule has 0 saturated carbocycles. The minimum atomic E-state index is 0.413. The molecule has 2 aromatic rings. The van der Waals surface area contributed by atoms with Crippen molar-refractivity contribution in [3.05, 3.63) is 39.9 Å². The molecule has 0 radical (unpaired) electrons. The smallest absolute Gasteiger partial charge is 0.294 e. The van der Waals surface area contributed by atoms with Gasteiger partial charge in [0.15, 0.2) is 0 Å². The van der Waals surface area contributed by atoms with Gasteiger partial charge in [-0.05, 0) is 19.0 Å². The summed E-state index contributed by atoms with van der Waals surface area (Å²) >= 11 is 7.52. The van der Waals surface area contributed by atoms with Gasteiger partial charge in [0, 0.05) is 17.1 Å². The van der Waals surface area contributed by atoms with Crippen molar-refractivity contribution in [3.8, 4) is 5.19 Å². The van der Waals surface area contributed by atoms with Gasteiger partial charge in [-0.15, -0.1) is 5.10 Å². The highest BCUT2D eigenvalue weighted by Gasteiger charge is 2.06. The van der Waals surface area contributed by atoms with Gasteiger partial charge in [-0.25, -0.2) is 0 Å². The highest BCUT2D eigenvalue weighted by molar-refractivity contribution is 7.13. The van der Waals surface area contributed by atoms with Crippen molar-refractivity contribution in [1.29, 1.82) is 0 Å². The zero-order valence-corrected chi connectivity index (χ0v) is 12.3. The monoisotopic (exact) mass is 297 g/mol. The van der Waals surface area contributed by atoms with Crippen molar-refractivity contribution in [3.63, 3.8) is 0 Å². The summed E-state index contributed by atoms with van der Waals surface area (Å²) in [6, 6.07) is 7.62. The lowest BCUT2D eigenvalue weighted by Gasteiger charge is -2.03. The first-order chi connectivity index (χ1) is 9.29. The molecule has 19 heavy (non-hydrogen) atoms. The summed E-state index contributed by atoms with van der Waals surface area (Å²) in [5.74, 6) is 0. The molecule has 6 heteroatoms. The van der Waals surface area contributed by atoms with Crippen LogP contribution < -0.4 is 10.1 Å². The SMILES string of the molecule is CCCNCc1nnc(OCc2ccccc2Cl)s1. The Morgan fingerprint density at radius 2 is 2.16 bits per heavy atom. The molecule has 1 heterocycles. The van der Waals surface area contributed by atoms with Gasteiger partial charge in [0.2, 0.25) is 0 Å². The molecule has 0 aliphatic carbocycles. The summed E-state index contributed by atoms with van der Waals surface area (Å²) in [4.78, 5) is 0. The fourth-order valence-electron chi connectivity index (χ4n) is 1.50. The molecular weight excluding hydrogens is 282 g/mol. The highest BCUT2D eigenvalue weighted by Crippen LogP contribution is 2.21. The van der Waals surface area contributed by atoms with Gasteiger partial charge in [0.25, 0.3) is 5.19 Å². The molecule has 2 rings (SSSR count).